The third-order valence-electron chi connectivity index (χ3n) is 4.53. The van der Waals surface area contributed by atoms with E-state index in [1.165, 1.54) is 18.1 Å². The number of aryl methyl sites for hydroxylation is 1. The van der Waals surface area contributed by atoms with Gasteiger partial charge in [-0.3, -0.25) is 19.8 Å². The number of ether oxygens (including phenoxy) is 1. The van der Waals surface area contributed by atoms with Gasteiger partial charge in [0.15, 0.2) is 16.6 Å². The van der Waals surface area contributed by atoms with Crippen LogP contribution in [0.2, 0.25) is 0 Å². The monoisotopic (exact) mass is 408 g/mol. The molecular weight excluding hydrogens is 388 g/mol. The zero-order valence-corrected chi connectivity index (χ0v) is 16.9. The summed E-state index contributed by atoms with van der Waals surface area (Å²) < 4.78 is 5.21. The number of methoxy groups -OCH3 is 1. The summed E-state index contributed by atoms with van der Waals surface area (Å²) in [5.41, 5.74) is 2.48. The van der Waals surface area contributed by atoms with Crippen LogP contribution in [0.1, 0.15) is 16.7 Å². The number of allylic oxidation sites excluding steroid dienone is 1. The molecule has 0 saturated carbocycles. The highest BCUT2D eigenvalue weighted by molar-refractivity contribution is 7.80. The number of nitrogens with zero attached hydrogens (tertiary/aromatic N) is 1. The van der Waals surface area contributed by atoms with Crippen molar-refractivity contribution in [2.24, 2.45) is 0 Å². The predicted octanol–water partition coefficient (Wildman–Crippen LogP) is 3.27. The summed E-state index contributed by atoms with van der Waals surface area (Å²) in [5, 5.41) is 12.8. The minimum absolute atomic E-state index is 0.00307. The molecular formula is C22H20N2O4S. The number of carbonyl (C=O) groups excluding carboxylic acids is 2. The molecule has 7 heteroatoms. The zero-order valence-electron chi connectivity index (χ0n) is 16.1. The number of hydrogen-bond acceptors (Lipinski definition) is 5. The smallest absolute Gasteiger partial charge is 0.270 e. The fourth-order valence-electron chi connectivity index (χ4n) is 3.10. The summed E-state index contributed by atoms with van der Waals surface area (Å²) >= 11 is 5.23. The maximum atomic E-state index is 13.1. The topological polar surface area (TPSA) is 78.9 Å². The van der Waals surface area contributed by atoms with Gasteiger partial charge in [-0.05, 0) is 61.0 Å². The van der Waals surface area contributed by atoms with Gasteiger partial charge >= 0.3 is 0 Å². The lowest BCUT2D eigenvalue weighted by Crippen LogP contribution is -2.54. The predicted molar refractivity (Wildman–Crippen MR) is 116 cm³/mol. The van der Waals surface area contributed by atoms with Crippen molar-refractivity contribution in [1.29, 1.82) is 0 Å². The Labute approximate surface area is 174 Å². The third kappa shape index (κ3) is 3.90. The second-order valence-electron chi connectivity index (χ2n) is 6.47. The van der Waals surface area contributed by atoms with Gasteiger partial charge < -0.3 is 9.84 Å². The Hall–Kier alpha value is -3.45. The first-order valence-corrected chi connectivity index (χ1v) is 9.26. The van der Waals surface area contributed by atoms with E-state index in [1.54, 1.807) is 30.3 Å². The number of benzene rings is 2. The van der Waals surface area contributed by atoms with Gasteiger partial charge in [0, 0.05) is 5.56 Å². The molecule has 1 fully saturated rings. The van der Waals surface area contributed by atoms with Crippen LogP contribution in [0.25, 0.3) is 6.08 Å². The Morgan fingerprint density at radius 1 is 1.28 bits per heavy atom. The first kappa shape index (κ1) is 20.3. The second-order valence-corrected chi connectivity index (χ2v) is 6.85. The van der Waals surface area contributed by atoms with Crippen molar-refractivity contribution in [3.05, 3.63) is 71.3 Å². The Bertz CT molecular complexity index is 1060. The fraction of sp³-hybridized carbons (Fsp3) is 0.136. The minimum atomic E-state index is -0.581. The van der Waals surface area contributed by atoms with Crippen LogP contribution < -0.4 is 15.0 Å². The normalized spacial score (nSPS) is 15.4. The van der Waals surface area contributed by atoms with Gasteiger partial charge in [0.05, 0.1) is 12.8 Å². The standard InChI is InChI=1S/C22H20N2O4S/c1-4-7-15-10-14(12-18(28-3)19(15)25)11-16-20(26)23-22(29)24(21(16)27)17-9-6-5-8-13(17)2/h4-6,8-12,25H,1,7H2,2-3H3,(H,23,26,29)/b16-11+. The molecule has 0 radical (unpaired) electrons. The van der Waals surface area contributed by atoms with Crippen molar-refractivity contribution < 1.29 is 19.4 Å². The lowest BCUT2D eigenvalue weighted by atomic mass is 10.0. The van der Waals surface area contributed by atoms with Crippen LogP contribution >= 0.6 is 12.2 Å². The highest BCUT2D eigenvalue weighted by Crippen LogP contribution is 2.33. The van der Waals surface area contributed by atoms with Crippen molar-refractivity contribution in [3.8, 4) is 11.5 Å². The van der Waals surface area contributed by atoms with E-state index in [2.05, 4.69) is 11.9 Å². The van der Waals surface area contributed by atoms with E-state index in [-0.39, 0.29) is 22.2 Å². The molecule has 0 aromatic heterocycles. The maximum Gasteiger partial charge on any atom is 0.270 e. The van der Waals surface area contributed by atoms with E-state index >= 15 is 0 Å². The number of rotatable bonds is 5. The molecule has 2 N–H and O–H groups in total. The third-order valence-corrected chi connectivity index (χ3v) is 4.81. The first-order valence-electron chi connectivity index (χ1n) is 8.85. The van der Waals surface area contributed by atoms with Gasteiger partial charge in [-0.1, -0.05) is 24.3 Å². The average Bonchev–Trinajstić information content (AvgIpc) is 2.68. The molecule has 2 aromatic rings. The molecule has 1 aliphatic rings. The largest absolute Gasteiger partial charge is 0.504 e. The van der Waals surface area contributed by atoms with Crippen molar-refractivity contribution in [1.82, 2.24) is 5.32 Å². The number of carbonyl (C=O) groups is 2. The van der Waals surface area contributed by atoms with Crippen molar-refractivity contribution in [3.63, 3.8) is 0 Å². The number of aromatic hydroxyl groups is 1. The Morgan fingerprint density at radius 3 is 2.66 bits per heavy atom. The van der Waals surface area contributed by atoms with Crippen LogP contribution in [0, 0.1) is 6.92 Å². The van der Waals surface area contributed by atoms with E-state index in [1.807, 2.05) is 19.1 Å². The molecule has 0 atom stereocenters. The fourth-order valence-corrected chi connectivity index (χ4v) is 3.37. The molecule has 2 aromatic carbocycles. The summed E-state index contributed by atoms with van der Waals surface area (Å²) in [7, 11) is 1.43. The van der Waals surface area contributed by atoms with Crippen molar-refractivity contribution in [2.75, 3.05) is 12.0 Å². The number of hydrogen-bond donors (Lipinski definition) is 2. The van der Waals surface area contributed by atoms with Crippen LogP contribution in [-0.2, 0) is 16.0 Å². The number of nitrogens with one attached hydrogen (secondary N) is 1. The molecule has 0 aliphatic carbocycles. The number of phenolic OH excluding ortho intramolecular Hbond substituents is 1. The molecule has 0 unspecified atom stereocenters. The van der Waals surface area contributed by atoms with E-state index in [9.17, 15) is 14.7 Å². The molecule has 148 valence electrons. The van der Waals surface area contributed by atoms with Gasteiger partial charge in [-0.15, -0.1) is 6.58 Å². The molecule has 3 rings (SSSR count). The molecule has 6 nitrogen and oxygen atoms in total. The number of thiocarbonyl (C=S) groups is 1. The van der Waals surface area contributed by atoms with Crippen molar-refractivity contribution >= 4 is 40.9 Å². The van der Waals surface area contributed by atoms with E-state index in [0.29, 0.717) is 23.2 Å². The highest BCUT2D eigenvalue weighted by Gasteiger charge is 2.35. The van der Waals surface area contributed by atoms with E-state index in [4.69, 9.17) is 17.0 Å². The lowest BCUT2D eigenvalue weighted by Gasteiger charge is -2.30. The van der Waals surface area contributed by atoms with E-state index < -0.39 is 11.8 Å². The van der Waals surface area contributed by atoms with Gasteiger partial charge in [0.25, 0.3) is 11.8 Å². The summed E-state index contributed by atoms with van der Waals surface area (Å²) in [6.45, 7) is 5.53. The Kier molecular flexibility index (Phi) is 5.79. The second kappa shape index (κ2) is 8.28. The minimum Gasteiger partial charge on any atom is -0.504 e. The summed E-state index contributed by atoms with van der Waals surface area (Å²) in [6.07, 6.45) is 3.50. The Morgan fingerprint density at radius 2 is 2.00 bits per heavy atom. The summed E-state index contributed by atoms with van der Waals surface area (Å²) in [5.74, 6) is -0.865. The Balaban J connectivity index is 2.09. The average molecular weight is 408 g/mol. The number of anilines is 1. The number of amides is 2. The molecule has 0 bridgehead atoms. The van der Waals surface area contributed by atoms with Crippen molar-refractivity contribution in [2.45, 2.75) is 13.3 Å². The molecule has 2 amide bonds. The van der Waals surface area contributed by atoms with Crippen LogP contribution in [0.3, 0.4) is 0 Å². The van der Waals surface area contributed by atoms with Gasteiger partial charge in [-0.2, -0.15) is 0 Å². The SMILES string of the molecule is C=CCc1cc(/C=C2\C(=O)NC(=S)N(c3ccccc3C)C2=O)cc(OC)c1O. The number of phenols is 1. The van der Waals surface area contributed by atoms with Crippen LogP contribution in [0.4, 0.5) is 5.69 Å². The maximum absolute atomic E-state index is 13.1. The van der Waals surface area contributed by atoms with Gasteiger partial charge in [0.2, 0.25) is 0 Å². The van der Waals surface area contributed by atoms with Gasteiger partial charge in [0.1, 0.15) is 5.57 Å². The highest BCUT2D eigenvalue weighted by atomic mass is 32.1. The quantitative estimate of drug-likeness (QED) is 0.344. The van der Waals surface area contributed by atoms with E-state index in [0.717, 1.165) is 5.56 Å². The molecule has 0 spiro atoms. The lowest BCUT2D eigenvalue weighted by molar-refractivity contribution is -0.122. The van der Waals surface area contributed by atoms with Crippen LogP contribution in [0.15, 0.2) is 54.6 Å². The zero-order chi connectivity index (χ0) is 21.1. The summed E-state index contributed by atoms with van der Waals surface area (Å²) in [6, 6.07) is 10.5. The molecule has 1 aliphatic heterocycles. The summed E-state index contributed by atoms with van der Waals surface area (Å²) in [4.78, 5) is 27.0. The van der Waals surface area contributed by atoms with Crippen LogP contribution in [0.5, 0.6) is 11.5 Å². The number of para-hydroxylation sites is 1. The van der Waals surface area contributed by atoms with Gasteiger partial charge in [-0.25, -0.2) is 0 Å². The molecule has 1 saturated heterocycles. The first-order chi connectivity index (χ1) is 13.9. The molecule has 1 heterocycles. The molecule has 29 heavy (non-hydrogen) atoms. The van der Waals surface area contributed by atoms with Crippen LogP contribution in [-0.4, -0.2) is 29.1 Å².